The lowest BCUT2D eigenvalue weighted by Crippen LogP contribution is -2.49. The first-order chi connectivity index (χ1) is 11.6. The topological polar surface area (TPSA) is 69.6 Å². The number of aliphatic hydroxyl groups is 1. The molecule has 2 N–H and O–H groups in total. The second kappa shape index (κ2) is 7.34. The second-order valence-electron chi connectivity index (χ2n) is 7.01. The van der Waals surface area contributed by atoms with Crippen LogP contribution in [0.2, 0.25) is 0 Å². The third-order valence-corrected chi connectivity index (χ3v) is 5.16. The van der Waals surface area contributed by atoms with Crippen molar-refractivity contribution in [1.29, 1.82) is 0 Å². The molecule has 1 saturated heterocycles. The van der Waals surface area contributed by atoms with Crippen LogP contribution in [0.15, 0.2) is 30.3 Å². The Morgan fingerprint density at radius 2 is 1.88 bits per heavy atom. The van der Waals surface area contributed by atoms with Crippen LogP contribution in [0.1, 0.15) is 56.6 Å². The number of carbonyl (C=O) groups excluding carboxylic acids is 2. The third-order valence-electron chi connectivity index (χ3n) is 5.16. The average Bonchev–Trinajstić information content (AvgIpc) is 3.03. The van der Waals surface area contributed by atoms with Crippen LogP contribution in [-0.4, -0.2) is 40.5 Å². The number of carbonyl (C=O) groups is 2. The van der Waals surface area contributed by atoms with Crippen molar-refractivity contribution in [3.63, 3.8) is 0 Å². The molecule has 1 atom stereocenters. The molecule has 5 nitrogen and oxygen atoms in total. The summed E-state index contributed by atoms with van der Waals surface area (Å²) in [4.78, 5) is 26.9. The highest BCUT2D eigenvalue weighted by Crippen LogP contribution is 2.30. The van der Waals surface area contributed by atoms with Crippen LogP contribution >= 0.6 is 0 Å². The van der Waals surface area contributed by atoms with Gasteiger partial charge in [-0.05, 0) is 31.2 Å². The van der Waals surface area contributed by atoms with Crippen molar-refractivity contribution in [3.8, 4) is 0 Å². The van der Waals surface area contributed by atoms with Gasteiger partial charge >= 0.3 is 0 Å². The Hall–Kier alpha value is -1.88. The number of piperidine rings is 1. The van der Waals surface area contributed by atoms with E-state index < -0.39 is 11.6 Å². The molecule has 1 heterocycles. The molecule has 1 aromatic rings. The molecule has 5 heteroatoms. The Kier molecular flexibility index (Phi) is 5.19. The van der Waals surface area contributed by atoms with Crippen molar-refractivity contribution in [3.05, 3.63) is 35.9 Å². The molecule has 0 spiro atoms. The number of likely N-dealkylation sites (tertiary alicyclic amines) is 1. The number of nitrogens with zero attached hydrogens (tertiary/aromatic N) is 1. The number of amides is 2. The minimum atomic E-state index is -0.789. The van der Waals surface area contributed by atoms with Gasteiger partial charge < -0.3 is 15.3 Å². The molecule has 1 saturated carbocycles. The third kappa shape index (κ3) is 3.78. The first-order valence-corrected chi connectivity index (χ1v) is 8.94. The van der Waals surface area contributed by atoms with Gasteiger partial charge in [-0.25, -0.2) is 0 Å². The van der Waals surface area contributed by atoms with Crippen LogP contribution < -0.4 is 5.32 Å². The first kappa shape index (κ1) is 17.0. The Bertz CT molecular complexity index is 582. The van der Waals surface area contributed by atoms with Gasteiger partial charge in [-0.15, -0.1) is 0 Å². The van der Waals surface area contributed by atoms with Gasteiger partial charge in [0.1, 0.15) is 6.04 Å². The molecule has 3 rings (SSSR count). The van der Waals surface area contributed by atoms with E-state index >= 15 is 0 Å². The summed E-state index contributed by atoms with van der Waals surface area (Å²) in [6, 6.07) is 8.83. The number of nitrogens with one attached hydrogen (secondary N) is 1. The summed E-state index contributed by atoms with van der Waals surface area (Å²) < 4.78 is 0. The molecule has 2 aliphatic rings. The predicted molar refractivity (Wildman–Crippen MR) is 91.2 cm³/mol. The van der Waals surface area contributed by atoms with E-state index in [1.807, 2.05) is 30.3 Å². The molecule has 0 bridgehead atoms. The molecular formula is C19H26N2O3. The molecule has 130 valence electrons. The van der Waals surface area contributed by atoms with Crippen LogP contribution in [0.3, 0.4) is 0 Å². The summed E-state index contributed by atoms with van der Waals surface area (Å²) in [6.45, 7) is 0.868. The van der Waals surface area contributed by atoms with E-state index in [0.29, 0.717) is 13.0 Å². The predicted octanol–water partition coefficient (Wildman–Crippen LogP) is 2.16. The van der Waals surface area contributed by atoms with Crippen molar-refractivity contribution in [2.45, 2.75) is 56.6 Å². The maximum atomic E-state index is 12.9. The molecule has 1 aliphatic carbocycles. The van der Waals surface area contributed by atoms with Crippen LogP contribution in [0, 0.1) is 0 Å². The number of hydrogen-bond donors (Lipinski definition) is 2. The van der Waals surface area contributed by atoms with Gasteiger partial charge in [-0.3, -0.25) is 9.59 Å². The largest absolute Gasteiger partial charge is 0.388 e. The smallest absolute Gasteiger partial charge is 0.247 e. The van der Waals surface area contributed by atoms with Crippen molar-refractivity contribution in [1.82, 2.24) is 10.2 Å². The van der Waals surface area contributed by atoms with Gasteiger partial charge in [0.05, 0.1) is 5.60 Å². The lowest BCUT2D eigenvalue weighted by Gasteiger charge is -2.34. The zero-order valence-electron chi connectivity index (χ0n) is 14.0. The molecule has 2 amide bonds. The minimum absolute atomic E-state index is 0.0323. The molecule has 1 aromatic carbocycles. The van der Waals surface area contributed by atoms with Crippen LogP contribution in [0.25, 0.3) is 0 Å². The van der Waals surface area contributed by atoms with Crippen LogP contribution in [0.5, 0.6) is 0 Å². The zero-order chi connectivity index (χ0) is 17.0. The standard InChI is InChI=1S/C19H26N2O3/c22-16-10-4-7-13-21(16)17(15-8-2-1-3-9-15)18(23)20-14-19(24)11-5-6-12-19/h1-3,8-9,17,24H,4-7,10-14H2,(H,20,23). The molecule has 0 aromatic heterocycles. The SMILES string of the molecule is O=C(NCC1(O)CCCC1)C(c1ccccc1)N1CCCCC1=O. The van der Waals surface area contributed by atoms with Gasteiger partial charge in [0.15, 0.2) is 0 Å². The second-order valence-corrected chi connectivity index (χ2v) is 7.01. The summed E-state index contributed by atoms with van der Waals surface area (Å²) in [5, 5.41) is 13.4. The molecule has 0 radical (unpaired) electrons. The highest BCUT2D eigenvalue weighted by molar-refractivity contribution is 5.89. The van der Waals surface area contributed by atoms with Crippen molar-refractivity contribution in [2.24, 2.45) is 0 Å². The van der Waals surface area contributed by atoms with E-state index in [0.717, 1.165) is 44.1 Å². The lowest BCUT2D eigenvalue weighted by atomic mass is 9.99. The van der Waals surface area contributed by atoms with E-state index in [2.05, 4.69) is 5.32 Å². The maximum absolute atomic E-state index is 12.9. The fourth-order valence-electron chi connectivity index (χ4n) is 3.77. The molecule has 24 heavy (non-hydrogen) atoms. The van der Waals surface area contributed by atoms with E-state index in [9.17, 15) is 14.7 Å². The summed E-state index contributed by atoms with van der Waals surface area (Å²) in [6.07, 6.45) is 5.76. The number of benzene rings is 1. The highest BCUT2D eigenvalue weighted by atomic mass is 16.3. The first-order valence-electron chi connectivity index (χ1n) is 8.94. The van der Waals surface area contributed by atoms with Gasteiger partial charge in [0.25, 0.3) is 0 Å². The summed E-state index contributed by atoms with van der Waals surface area (Å²) in [5.74, 6) is -0.165. The molecule has 1 aliphatic heterocycles. The maximum Gasteiger partial charge on any atom is 0.247 e. The van der Waals surface area contributed by atoms with Crippen LogP contribution in [0.4, 0.5) is 0 Å². The normalized spacial score (nSPS) is 21.5. The lowest BCUT2D eigenvalue weighted by molar-refractivity contribution is -0.143. The van der Waals surface area contributed by atoms with Crippen molar-refractivity contribution >= 4 is 11.8 Å². The highest BCUT2D eigenvalue weighted by Gasteiger charge is 2.35. The summed E-state index contributed by atoms with van der Waals surface area (Å²) in [5.41, 5.74) is 0.0340. The Balaban J connectivity index is 1.76. The number of rotatable bonds is 5. The molecular weight excluding hydrogens is 304 g/mol. The fraction of sp³-hybridized carbons (Fsp3) is 0.579. The van der Waals surface area contributed by atoms with Gasteiger partial charge in [-0.2, -0.15) is 0 Å². The Labute approximate surface area is 143 Å². The Morgan fingerprint density at radius 1 is 1.17 bits per heavy atom. The zero-order valence-corrected chi connectivity index (χ0v) is 14.0. The van der Waals surface area contributed by atoms with E-state index in [1.54, 1.807) is 4.90 Å². The number of hydrogen-bond acceptors (Lipinski definition) is 3. The van der Waals surface area contributed by atoms with Crippen molar-refractivity contribution < 1.29 is 14.7 Å². The van der Waals surface area contributed by atoms with Crippen molar-refractivity contribution in [2.75, 3.05) is 13.1 Å². The molecule has 2 fully saturated rings. The van der Waals surface area contributed by atoms with Gasteiger partial charge in [0, 0.05) is 19.5 Å². The quantitative estimate of drug-likeness (QED) is 0.869. The summed E-state index contributed by atoms with van der Waals surface area (Å²) in [7, 11) is 0. The van der Waals surface area contributed by atoms with Gasteiger partial charge in [-0.1, -0.05) is 43.2 Å². The van der Waals surface area contributed by atoms with E-state index in [-0.39, 0.29) is 18.4 Å². The van der Waals surface area contributed by atoms with Gasteiger partial charge in [0.2, 0.25) is 11.8 Å². The molecule has 1 unspecified atom stereocenters. The van der Waals surface area contributed by atoms with E-state index in [4.69, 9.17) is 0 Å². The van der Waals surface area contributed by atoms with Crippen LogP contribution in [-0.2, 0) is 9.59 Å². The minimum Gasteiger partial charge on any atom is -0.388 e. The average molecular weight is 330 g/mol. The van der Waals surface area contributed by atoms with E-state index in [1.165, 1.54) is 0 Å². The Morgan fingerprint density at radius 3 is 2.54 bits per heavy atom. The fourth-order valence-corrected chi connectivity index (χ4v) is 3.77. The monoisotopic (exact) mass is 330 g/mol. The summed E-state index contributed by atoms with van der Waals surface area (Å²) >= 11 is 0.